The fourth-order valence-corrected chi connectivity index (χ4v) is 2.40. The number of carbonyl (C=O) groups excluding carboxylic acids is 1. The van der Waals surface area contributed by atoms with Gasteiger partial charge in [-0.25, -0.2) is 9.37 Å². The van der Waals surface area contributed by atoms with Crippen molar-refractivity contribution in [2.45, 2.75) is 0 Å². The van der Waals surface area contributed by atoms with E-state index in [4.69, 9.17) is 0 Å². The summed E-state index contributed by atoms with van der Waals surface area (Å²) < 4.78 is 13.7. The first kappa shape index (κ1) is 13.0. The molecule has 1 aliphatic heterocycles. The van der Waals surface area contributed by atoms with Crippen molar-refractivity contribution in [3.8, 4) is 0 Å². The van der Waals surface area contributed by atoms with Crippen molar-refractivity contribution < 1.29 is 9.18 Å². The second-order valence-electron chi connectivity index (χ2n) is 5.10. The first-order valence-corrected chi connectivity index (χ1v) is 6.68. The van der Waals surface area contributed by atoms with E-state index in [1.165, 1.54) is 6.07 Å². The van der Waals surface area contributed by atoms with Crippen LogP contribution in [-0.4, -0.2) is 53.9 Å². The molecule has 0 saturated carbocycles. The van der Waals surface area contributed by atoms with Crippen molar-refractivity contribution in [2.75, 3.05) is 33.2 Å². The third-order valence-corrected chi connectivity index (χ3v) is 3.68. The van der Waals surface area contributed by atoms with Gasteiger partial charge in [-0.3, -0.25) is 4.79 Å². The predicted molar refractivity (Wildman–Crippen MR) is 75.1 cm³/mol. The number of hydrogen-bond donors (Lipinski definition) is 0. The summed E-state index contributed by atoms with van der Waals surface area (Å²) in [5.41, 5.74) is 0.569. The van der Waals surface area contributed by atoms with Crippen molar-refractivity contribution >= 4 is 16.8 Å². The molecule has 1 fully saturated rings. The average molecular weight is 273 g/mol. The zero-order valence-electron chi connectivity index (χ0n) is 11.3. The van der Waals surface area contributed by atoms with Gasteiger partial charge in [0.25, 0.3) is 5.91 Å². The number of hydrogen-bond acceptors (Lipinski definition) is 3. The van der Waals surface area contributed by atoms with E-state index in [2.05, 4.69) is 9.88 Å². The number of halogens is 1. The van der Waals surface area contributed by atoms with Crippen LogP contribution in [0.15, 0.2) is 30.3 Å². The highest BCUT2D eigenvalue weighted by atomic mass is 19.1. The van der Waals surface area contributed by atoms with Crippen molar-refractivity contribution in [1.29, 1.82) is 0 Å². The van der Waals surface area contributed by atoms with Gasteiger partial charge in [0.15, 0.2) is 0 Å². The number of piperazine rings is 1. The van der Waals surface area contributed by atoms with E-state index in [1.54, 1.807) is 29.2 Å². The van der Waals surface area contributed by atoms with Gasteiger partial charge in [-0.2, -0.15) is 0 Å². The van der Waals surface area contributed by atoms with E-state index >= 15 is 0 Å². The molecule has 0 radical (unpaired) electrons. The Balaban J connectivity index is 1.90. The number of aromatic nitrogens is 1. The minimum atomic E-state index is -0.393. The first-order chi connectivity index (χ1) is 9.65. The Kier molecular flexibility index (Phi) is 3.36. The van der Waals surface area contributed by atoms with E-state index in [0.717, 1.165) is 13.1 Å². The highest BCUT2D eigenvalue weighted by Crippen LogP contribution is 2.17. The Bertz CT molecular complexity index is 651. The molecule has 0 spiro atoms. The molecule has 20 heavy (non-hydrogen) atoms. The standard InChI is InChI=1S/C15H16FN3O/c1-18-7-9-19(10-8-18)15(20)13-6-5-11-3-2-4-12(16)14(11)17-13/h2-6H,7-10H2,1H3. The molecule has 0 bridgehead atoms. The topological polar surface area (TPSA) is 36.4 Å². The maximum Gasteiger partial charge on any atom is 0.272 e. The second-order valence-corrected chi connectivity index (χ2v) is 5.10. The zero-order chi connectivity index (χ0) is 14.1. The lowest BCUT2D eigenvalue weighted by atomic mass is 10.2. The first-order valence-electron chi connectivity index (χ1n) is 6.68. The van der Waals surface area contributed by atoms with Crippen LogP contribution in [0.3, 0.4) is 0 Å². The van der Waals surface area contributed by atoms with Crippen LogP contribution in [-0.2, 0) is 0 Å². The molecule has 1 aromatic carbocycles. The second kappa shape index (κ2) is 5.17. The third kappa shape index (κ3) is 2.36. The summed E-state index contributed by atoms with van der Waals surface area (Å²) in [6, 6.07) is 8.20. The van der Waals surface area contributed by atoms with Crippen LogP contribution in [0.2, 0.25) is 0 Å². The summed E-state index contributed by atoms with van der Waals surface area (Å²) >= 11 is 0. The van der Waals surface area contributed by atoms with Crippen LogP contribution in [0.25, 0.3) is 10.9 Å². The molecular formula is C15H16FN3O. The molecule has 0 N–H and O–H groups in total. The van der Waals surface area contributed by atoms with Crippen LogP contribution >= 0.6 is 0 Å². The van der Waals surface area contributed by atoms with E-state index in [0.29, 0.717) is 24.2 Å². The quantitative estimate of drug-likeness (QED) is 0.794. The molecular weight excluding hydrogens is 257 g/mol. The summed E-state index contributed by atoms with van der Waals surface area (Å²) in [7, 11) is 2.03. The molecule has 0 unspecified atom stereocenters. The monoisotopic (exact) mass is 273 g/mol. The number of carbonyl (C=O) groups is 1. The Morgan fingerprint density at radius 2 is 1.90 bits per heavy atom. The Labute approximate surface area is 116 Å². The van der Waals surface area contributed by atoms with E-state index < -0.39 is 5.82 Å². The minimum absolute atomic E-state index is 0.122. The van der Waals surface area contributed by atoms with Crippen LogP contribution in [0.5, 0.6) is 0 Å². The van der Waals surface area contributed by atoms with Gasteiger partial charge in [-0.15, -0.1) is 0 Å². The number of nitrogens with zero attached hydrogens (tertiary/aromatic N) is 3. The largest absolute Gasteiger partial charge is 0.335 e. The lowest BCUT2D eigenvalue weighted by Gasteiger charge is -2.32. The summed E-state index contributed by atoms with van der Waals surface area (Å²) in [4.78, 5) is 20.5. The summed E-state index contributed by atoms with van der Waals surface area (Å²) in [5, 5.41) is 0.708. The SMILES string of the molecule is CN1CCN(C(=O)c2ccc3cccc(F)c3n2)CC1. The lowest BCUT2D eigenvalue weighted by molar-refractivity contribution is 0.0658. The van der Waals surface area contributed by atoms with E-state index in [1.807, 2.05) is 7.05 Å². The maximum atomic E-state index is 13.7. The molecule has 3 rings (SSSR count). The number of benzene rings is 1. The van der Waals surface area contributed by atoms with Crippen LogP contribution in [0.1, 0.15) is 10.5 Å². The van der Waals surface area contributed by atoms with E-state index in [-0.39, 0.29) is 11.4 Å². The van der Waals surface area contributed by atoms with Crippen molar-refractivity contribution in [3.63, 3.8) is 0 Å². The Morgan fingerprint density at radius 1 is 1.15 bits per heavy atom. The van der Waals surface area contributed by atoms with Crippen molar-refractivity contribution in [1.82, 2.24) is 14.8 Å². The molecule has 1 saturated heterocycles. The molecule has 2 aromatic rings. The third-order valence-electron chi connectivity index (χ3n) is 3.68. The summed E-state index contributed by atoms with van der Waals surface area (Å²) in [5.74, 6) is -0.515. The number of pyridine rings is 1. The van der Waals surface area contributed by atoms with Gasteiger partial charge in [-0.05, 0) is 19.2 Å². The fraction of sp³-hybridized carbons (Fsp3) is 0.333. The number of rotatable bonds is 1. The predicted octanol–water partition coefficient (Wildman–Crippen LogP) is 1.76. The van der Waals surface area contributed by atoms with Crippen molar-refractivity contribution in [2.24, 2.45) is 0 Å². The average Bonchev–Trinajstić information content (AvgIpc) is 2.47. The molecule has 4 nitrogen and oxygen atoms in total. The fourth-order valence-electron chi connectivity index (χ4n) is 2.40. The normalized spacial score (nSPS) is 16.6. The van der Waals surface area contributed by atoms with Crippen molar-refractivity contribution in [3.05, 3.63) is 41.8 Å². The molecule has 1 amide bonds. The van der Waals surface area contributed by atoms with Gasteiger partial charge < -0.3 is 9.80 Å². The van der Waals surface area contributed by atoms with Gasteiger partial charge in [-0.1, -0.05) is 18.2 Å². The summed E-state index contributed by atoms with van der Waals surface area (Å²) in [6.45, 7) is 3.08. The van der Waals surface area contributed by atoms with Crippen LogP contribution in [0, 0.1) is 5.82 Å². The zero-order valence-corrected chi connectivity index (χ0v) is 11.3. The minimum Gasteiger partial charge on any atom is -0.335 e. The molecule has 0 atom stereocenters. The number of likely N-dealkylation sites (N-methyl/N-ethyl adjacent to an activating group) is 1. The molecule has 2 heterocycles. The molecule has 1 aromatic heterocycles. The van der Waals surface area contributed by atoms with Gasteiger partial charge in [0.2, 0.25) is 0 Å². The van der Waals surface area contributed by atoms with Gasteiger partial charge in [0.05, 0.1) is 0 Å². The summed E-state index contributed by atoms with van der Waals surface area (Å²) in [6.07, 6.45) is 0. The van der Waals surface area contributed by atoms with Gasteiger partial charge in [0, 0.05) is 31.6 Å². The lowest BCUT2D eigenvalue weighted by Crippen LogP contribution is -2.47. The highest BCUT2D eigenvalue weighted by molar-refractivity contribution is 5.95. The van der Waals surface area contributed by atoms with Crippen LogP contribution < -0.4 is 0 Å². The van der Waals surface area contributed by atoms with Gasteiger partial charge in [0.1, 0.15) is 17.0 Å². The number of amides is 1. The van der Waals surface area contributed by atoms with Crippen LogP contribution in [0.4, 0.5) is 4.39 Å². The molecule has 5 heteroatoms. The Morgan fingerprint density at radius 3 is 2.65 bits per heavy atom. The number of fused-ring (bicyclic) bond motifs is 1. The molecule has 104 valence electrons. The highest BCUT2D eigenvalue weighted by Gasteiger charge is 2.21. The molecule has 0 aliphatic carbocycles. The van der Waals surface area contributed by atoms with Gasteiger partial charge >= 0.3 is 0 Å². The smallest absolute Gasteiger partial charge is 0.272 e. The van der Waals surface area contributed by atoms with E-state index in [9.17, 15) is 9.18 Å². The molecule has 1 aliphatic rings. The Hall–Kier alpha value is -2.01. The maximum absolute atomic E-state index is 13.7. The number of para-hydroxylation sites is 1.